The van der Waals surface area contributed by atoms with E-state index in [1.807, 2.05) is 31.2 Å². The molecule has 2 aliphatic rings. The number of carbonyl (C=O) groups is 2. The van der Waals surface area contributed by atoms with Crippen LogP contribution >= 0.6 is 0 Å². The van der Waals surface area contributed by atoms with E-state index in [-0.39, 0.29) is 24.4 Å². The Morgan fingerprint density at radius 3 is 2.80 bits per heavy atom. The van der Waals surface area contributed by atoms with Crippen LogP contribution in [0.25, 0.3) is 0 Å². The molecule has 0 radical (unpaired) electrons. The monoisotopic (exact) mass is 272 g/mol. The number of fused-ring (bicyclic) bond motifs is 1. The molecule has 0 saturated carbocycles. The summed E-state index contributed by atoms with van der Waals surface area (Å²) in [6.07, 6.45) is 2.88. The fraction of sp³-hybridized carbons (Fsp3) is 0.500. The van der Waals surface area contributed by atoms with Gasteiger partial charge in [0, 0.05) is 13.1 Å². The van der Waals surface area contributed by atoms with Gasteiger partial charge in [-0.25, -0.2) is 0 Å². The van der Waals surface area contributed by atoms with Crippen molar-refractivity contribution < 1.29 is 9.59 Å². The highest BCUT2D eigenvalue weighted by atomic mass is 16.2. The van der Waals surface area contributed by atoms with Gasteiger partial charge >= 0.3 is 0 Å². The molecule has 2 fully saturated rings. The van der Waals surface area contributed by atoms with Gasteiger partial charge in [-0.1, -0.05) is 24.3 Å². The molecule has 0 spiro atoms. The molecule has 2 saturated heterocycles. The second kappa shape index (κ2) is 5.27. The molecular formula is C16H20N2O2. The number of hydrogen-bond acceptors (Lipinski definition) is 2. The van der Waals surface area contributed by atoms with Crippen LogP contribution in [0, 0.1) is 6.92 Å². The highest BCUT2D eigenvalue weighted by molar-refractivity contribution is 5.95. The van der Waals surface area contributed by atoms with E-state index < -0.39 is 0 Å². The predicted octanol–water partition coefficient (Wildman–Crippen LogP) is 1.72. The minimum absolute atomic E-state index is 0.0999. The third-order valence-corrected chi connectivity index (χ3v) is 4.37. The highest BCUT2D eigenvalue weighted by Crippen LogP contribution is 2.24. The number of piperazine rings is 1. The average Bonchev–Trinajstić information content (AvgIpc) is 2.47. The summed E-state index contributed by atoms with van der Waals surface area (Å²) in [5.74, 6) is 0.218. The lowest BCUT2D eigenvalue weighted by Crippen LogP contribution is -2.60. The van der Waals surface area contributed by atoms with Gasteiger partial charge in [0.05, 0.1) is 0 Å². The van der Waals surface area contributed by atoms with E-state index in [9.17, 15) is 9.59 Å². The maximum Gasteiger partial charge on any atom is 0.246 e. The van der Waals surface area contributed by atoms with Crippen molar-refractivity contribution in [2.45, 2.75) is 38.8 Å². The van der Waals surface area contributed by atoms with Crippen molar-refractivity contribution in [3.05, 3.63) is 35.4 Å². The van der Waals surface area contributed by atoms with Crippen LogP contribution in [0.4, 0.5) is 0 Å². The van der Waals surface area contributed by atoms with Crippen molar-refractivity contribution in [3.8, 4) is 0 Å². The van der Waals surface area contributed by atoms with Gasteiger partial charge in [0.25, 0.3) is 0 Å². The summed E-state index contributed by atoms with van der Waals surface area (Å²) >= 11 is 0. The van der Waals surface area contributed by atoms with Gasteiger partial charge in [-0.05, 0) is 37.3 Å². The zero-order valence-corrected chi connectivity index (χ0v) is 11.8. The van der Waals surface area contributed by atoms with Crippen molar-refractivity contribution in [1.29, 1.82) is 0 Å². The number of amides is 2. The number of piperidine rings is 1. The Labute approximate surface area is 119 Å². The third kappa shape index (κ3) is 2.30. The fourth-order valence-corrected chi connectivity index (χ4v) is 3.16. The van der Waals surface area contributed by atoms with E-state index in [4.69, 9.17) is 0 Å². The van der Waals surface area contributed by atoms with Crippen LogP contribution in [-0.2, 0) is 16.1 Å². The van der Waals surface area contributed by atoms with Crippen molar-refractivity contribution in [3.63, 3.8) is 0 Å². The fourth-order valence-electron chi connectivity index (χ4n) is 3.16. The first-order valence-electron chi connectivity index (χ1n) is 7.29. The van der Waals surface area contributed by atoms with Gasteiger partial charge in [-0.15, -0.1) is 0 Å². The Hall–Kier alpha value is -1.84. The van der Waals surface area contributed by atoms with Crippen molar-refractivity contribution in [2.24, 2.45) is 0 Å². The molecular weight excluding hydrogens is 252 g/mol. The zero-order valence-electron chi connectivity index (χ0n) is 11.8. The van der Waals surface area contributed by atoms with Crippen molar-refractivity contribution in [1.82, 2.24) is 9.80 Å². The Kier molecular flexibility index (Phi) is 3.47. The second-order valence-corrected chi connectivity index (χ2v) is 5.72. The van der Waals surface area contributed by atoms with Crippen LogP contribution in [0.5, 0.6) is 0 Å². The number of nitrogens with zero attached hydrogens (tertiary/aromatic N) is 2. The van der Waals surface area contributed by atoms with Crippen LogP contribution in [0.3, 0.4) is 0 Å². The van der Waals surface area contributed by atoms with Crippen LogP contribution in [0.1, 0.15) is 30.4 Å². The highest BCUT2D eigenvalue weighted by Gasteiger charge is 2.40. The summed E-state index contributed by atoms with van der Waals surface area (Å²) in [7, 11) is 0. The molecule has 2 heterocycles. The normalized spacial score (nSPS) is 22.9. The molecule has 2 aliphatic heterocycles. The Morgan fingerprint density at radius 2 is 2.00 bits per heavy atom. The van der Waals surface area contributed by atoms with Crippen LogP contribution in [-0.4, -0.2) is 40.7 Å². The van der Waals surface area contributed by atoms with Crippen molar-refractivity contribution >= 4 is 11.8 Å². The summed E-state index contributed by atoms with van der Waals surface area (Å²) in [6.45, 7) is 3.55. The largest absolute Gasteiger partial charge is 0.329 e. The van der Waals surface area contributed by atoms with Gasteiger partial charge in [0.1, 0.15) is 12.6 Å². The number of benzene rings is 1. The molecule has 0 aromatic heterocycles. The molecule has 0 N–H and O–H groups in total. The molecule has 2 amide bonds. The van der Waals surface area contributed by atoms with E-state index in [0.717, 1.165) is 31.4 Å². The van der Waals surface area contributed by atoms with E-state index >= 15 is 0 Å². The van der Waals surface area contributed by atoms with Gasteiger partial charge in [0.2, 0.25) is 11.8 Å². The summed E-state index contributed by atoms with van der Waals surface area (Å²) < 4.78 is 0. The van der Waals surface area contributed by atoms with E-state index in [0.29, 0.717) is 6.54 Å². The summed E-state index contributed by atoms with van der Waals surface area (Å²) in [6, 6.07) is 7.82. The molecule has 106 valence electrons. The third-order valence-electron chi connectivity index (χ3n) is 4.37. The Morgan fingerprint density at radius 1 is 1.20 bits per heavy atom. The number of carbonyl (C=O) groups excluding carboxylic acids is 2. The zero-order chi connectivity index (χ0) is 14.1. The van der Waals surface area contributed by atoms with Gasteiger partial charge in [0.15, 0.2) is 0 Å². The molecule has 20 heavy (non-hydrogen) atoms. The number of hydrogen-bond donors (Lipinski definition) is 0. The smallest absolute Gasteiger partial charge is 0.246 e. The molecule has 0 aliphatic carbocycles. The molecule has 1 aromatic carbocycles. The SMILES string of the molecule is Cc1ccccc1CN1CC(=O)N2CCCCC2C1=O. The summed E-state index contributed by atoms with van der Waals surface area (Å²) in [5.41, 5.74) is 2.29. The maximum absolute atomic E-state index is 12.6. The van der Waals surface area contributed by atoms with Gasteiger partial charge in [-0.3, -0.25) is 9.59 Å². The second-order valence-electron chi connectivity index (χ2n) is 5.72. The van der Waals surface area contributed by atoms with Crippen molar-refractivity contribution in [2.75, 3.05) is 13.1 Å². The number of rotatable bonds is 2. The molecule has 1 atom stereocenters. The maximum atomic E-state index is 12.6. The first-order chi connectivity index (χ1) is 9.66. The molecule has 4 nitrogen and oxygen atoms in total. The Bertz CT molecular complexity index is 541. The van der Waals surface area contributed by atoms with E-state index in [2.05, 4.69) is 0 Å². The summed E-state index contributed by atoms with van der Waals surface area (Å²) in [4.78, 5) is 28.2. The molecule has 4 heteroatoms. The molecule has 0 bridgehead atoms. The van der Waals surface area contributed by atoms with Crippen LogP contribution < -0.4 is 0 Å². The lowest BCUT2D eigenvalue weighted by molar-refractivity contribution is -0.158. The topological polar surface area (TPSA) is 40.6 Å². The average molecular weight is 272 g/mol. The lowest BCUT2D eigenvalue weighted by Gasteiger charge is -2.42. The van der Waals surface area contributed by atoms with Crippen LogP contribution in [0.15, 0.2) is 24.3 Å². The van der Waals surface area contributed by atoms with Gasteiger partial charge in [-0.2, -0.15) is 0 Å². The van der Waals surface area contributed by atoms with E-state index in [1.54, 1.807) is 9.80 Å². The standard InChI is InChI=1S/C16H20N2O2/c1-12-6-2-3-7-13(12)10-17-11-15(19)18-9-5-4-8-14(18)16(17)20/h2-3,6-7,14H,4-5,8-11H2,1H3. The lowest BCUT2D eigenvalue weighted by atomic mass is 9.97. The minimum atomic E-state index is -0.214. The Balaban J connectivity index is 1.79. The quantitative estimate of drug-likeness (QED) is 0.822. The first-order valence-corrected chi connectivity index (χ1v) is 7.29. The minimum Gasteiger partial charge on any atom is -0.329 e. The molecule has 1 aromatic rings. The number of aryl methyl sites for hydroxylation is 1. The molecule has 3 rings (SSSR count). The predicted molar refractivity (Wildman–Crippen MR) is 75.9 cm³/mol. The first kappa shape index (κ1) is 13.2. The van der Waals surface area contributed by atoms with Crippen LogP contribution in [0.2, 0.25) is 0 Å². The van der Waals surface area contributed by atoms with Gasteiger partial charge < -0.3 is 9.80 Å². The summed E-state index contributed by atoms with van der Waals surface area (Å²) in [5, 5.41) is 0. The van der Waals surface area contributed by atoms with E-state index in [1.165, 1.54) is 5.56 Å². The molecule has 1 unspecified atom stereocenters.